The molecule has 1 saturated heterocycles. The minimum Gasteiger partial charge on any atom is -0.444 e. The number of hydrogen-bond donors (Lipinski definition) is 2. The van der Waals surface area contributed by atoms with Crippen LogP contribution in [0.1, 0.15) is 49.5 Å². The van der Waals surface area contributed by atoms with Crippen LogP contribution in [0.2, 0.25) is 0 Å². The summed E-state index contributed by atoms with van der Waals surface area (Å²) in [4.78, 5) is 37.8. The molecule has 2 aromatic carbocycles. The van der Waals surface area contributed by atoms with Gasteiger partial charge in [-0.1, -0.05) is 0 Å². The summed E-state index contributed by atoms with van der Waals surface area (Å²) in [5, 5.41) is 6.29. The largest absolute Gasteiger partial charge is 0.444 e. The number of rotatable bonds is 6. The van der Waals surface area contributed by atoms with Gasteiger partial charge in [0.05, 0.1) is 0 Å². The van der Waals surface area contributed by atoms with Gasteiger partial charge in [-0.2, -0.15) is 4.98 Å². The number of aromatic nitrogens is 2. The molecule has 39 heavy (non-hydrogen) atoms. The lowest BCUT2D eigenvalue weighted by molar-refractivity contribution is 0.0123. The highest BCUT2D eigenvalue weighted by molar-refractivity contribution is 5.94. The molecule has 3 aromatic rings. The second kappa shape index (κ2) is 11.7. The Kier molecular flexibility index (Phi) is 8.32. The van der Waals surface area contributed by atoms with Crippen LogP contribution in [-0.4, -0.2) is 63.5 Å². The average Bonchev–Trinajstić information content (AvgIpc) is 2.90. The van der Waals surface area contributed by atoms with Crippen LogP contribution in [0.5, 0.6) is 0 Å². The van der Waals surface area contributed by atoms with Crippen LogP contribution in [0.3, 0.4) is 0 Å². The molecule has 0 spiro atoms. The molecule has 10 heteroatoms. The van der Waals surface area contributed by atoms with E-state index in [1.54, 1.807) is 72.4 Å². The first-order chi connectivity index (χ1) is 18.5. The van der Waals surface area contributed by atoms with Crippen molar-refractivity contribution in [3.05, 3.63) is 71.7 Å². The third kappa shape index (κ3) is 7.43. The molecule has 2 N–H and O–H groups in total. The molecule has 2 amide bonds. The fourth-order valence-electron chi connectivity index (χ4n) is 4.32. The zero-order chi connectivity index (χ0) is 28.2. The molecule has 206 valence electrons. The van der Waals surface area contributed by atoms with Crippen LogP contribution < -0.4 is 10.6 Å². The monoisotopic (exact) mass is 534 g/mol. The van der Waals surface area contributed by atoms with Crippen molar-refractivity contribution >= 4 is 35.1 Å². The van der Waals surface area contributed by atoms with Crippen molar-refractivity contribution in [2.24, 2.45) is 0 Å². The smallest absolute Gasteiger partial charge is 0.410 e. The van der Waals surface area contributed by atoms with Crippen molar-refractivity contribution in [1.82, 2.24) is 19.8 Å². The van der Waals surface area contributed by atoms with Crippen molar-refractivity contribution in [3.63, 3.8) is 0 Å². The Morgan fingerprint density at radius 1 is 1.08 bits per heavy atom. The summed E-state index contributed by atoms with van der Waals surface area (Å²) in [6, 6.07) is 13.5. The van der Waals surface area contributed by atoms with Gasteiger partial charge < -0.3 is 25.2 Å². The van der Waals surface area contributed by atoms with Crippen LogP contribution in [0, 0.1) is 12.7 Å². The van der Waals surface area contributed by atoms with E-state index in [2.05, 4.69) is 20.6 Å². The van der Waals surface area contributed by atoms with E-state index in [1.165, 1.54) is 6.07 Å². The van der Waals surface area contributed by atoms with E-state index in [1.807, 2.05) is 20.8 Å². The van der Waals surface area contributed by atoms with Crippen LogP contribution in [-0.2, 0) is 4.74 Å². The number of likely N-dealkylation sites (tertiary alicyclic amines) is 1. The molecule has 1 aliphatic heterocycles. The van der Waals surface area contributed by atoms with Gasteiger partial charge in [-0.25, -0.2) is 14.2 Å². The maximum atomic E-state index is 13.5. The lowest BCUT2D eigenvalue weighted by atomic mass is 10.0. The Labute approximate surface area is 228 Å². The minimum absolute atomic E-state index is 0.0925. The highest BCUT2D eigenvalue weighted by atomic mass is 19.1. The van der Waals surface area contributed by atoms with Crippen LogP contribution >= 0.6 is 0 Å². The van der Waals surface area contributed by atoms with Crippen LogP contribution in [0.15, 0.2) is 54.7 Å². The standard InChI is InChI=1S/C29H35FN6O3/c1-19-17-22(12-13-24(19)30)32-25-14-15-31-27(34-25)33-21-10-8-20(9-11-21)26(37)35(5)23-7-6-16-36(18-23)28(38)39-29(2,3)4/h8-15,17,23H,6-7,16,18H2,1-5H3,(H2,31,32,33,34). The second-order valence-corrected chi connectivity index (χ2v) is 10.7. The number of benzene rings is 2. The molecule has 0 bridgehead atoms. The number of nitrogens with one attached hydrogen (secondary N) is 2. The second-order valence-electron chi connectivity index (χ2n) is 10.7. The molecule has 1 atom stereocenters. The van der Waals surface area contributed by atoms with Gasteiger partial charge in [0.1, 0.15) is 17.2 Å². The molecule has 1 aliphatic rings. The molecular weight excluding hydrogens is 499 g/mol. The average molecular weight is 535 g/mol. The normalized spacial score (nSPS) is 15.4. The lowest BCUT2D eigenvalue weighted by Gasteiger charge is -2.38. The van der Waals surface area contributed by atoms with E-state index < -0.39 is 5.60 Å². The highest BCUT2D eigenvalue weighted by Crippen LogP contribution is 2.22. The molecule has 2 heterocycles. The fraction of sp³-hybridized carbons (Fsp3) is 0.379. The number of halogens is 1. The van der Waals surface area contributed by atoms with E-state index in [0.29, 0.717) is 36.0 Å². The number of carbonyl (C=O) groups excluding carboxylic acids is 2. The van der Waals surface area contributed by atoms with E-state index >= 15 is 0 Å². The van der Waals surface area contributed by atoms with Gasteiger partial charge in [0, 0.05) is 49.3 Å². The van der Waals surface area contributed by atoms with Crippen molar-refractivity contribution in [3.8, 4) is 0 Å². The molecular formula is C29H35FN6O3. The van der Waals surface area contributed by atoms with E-state index in [-0.39, 0.29) is 23.9 Å². The Balaban J connectivity index is 1.36. The molecule has 1 aromatic heterocycles. The molecule has 4 rings (SSSR count). The fourth-order valence-corrected chi connectivity index (χ4v) is 4.32. The number of hydrogen-bond acceptors (Lipinski definition) is 7. The molecule has 0 radical (unpaired) electrons. The Morgan fingerprint density at radius 2 is 1.79 bits per heavy atom. The third-order valence-electron chi connectivity index (χ3n) is 6.39. The molecule has 1 fully saturated rings. The summed E-state index contributed by atoms with van der Waals surface area (Å²) in [6.07, 6.45) is 2.89. The van der Waals surface area contributed by atoms with E-state index in [0.717, 1.165) is 24.2 Å². The maximum Gasteiger partial charge on any atom is 0.410 e. The number of aryl methyl sites for hydroxylation is 1. The minimum atomic E-state index is -0.563. The summed E-state index contributed by atoms with van der Waals surface area (Å²) in [7, 11) is 1.77. The van der Waals surface area contributed by atoms with Gasteiger partial charge in [-0.3, -0.25) is 4.79 Å². The molecule has 0 aliphatic carbocycles. The van der Waals surface area contributed by atoms with Crippen LogP contribution in [0.4, 0.5) is 32.3 Å². The van der Waals surface area contributed by atoms with E-state index in [4.69, 9.17) is 4.74 Å². The number of nitrogens with zero attached hydrogens (tertiary/aromatic N) is 4. The summed E-state index contributed by atoms with van der Waals surface area (Å²) < 4.78 is 19.1. The van der Waals surface area contributed by atoms with Gasteiger partial charge >= 0.3 is 6.09 Å². The molecule has 0 saturated carbocycles. The number of likely N-dealkylation sites (N-methyl/N-ethyl adjacent to an activating group) is 1. The molecule has 9 nitrogen and oxygen atoms in total. The first-order valence-corrected chi connectivity index (χ1v) is 13.0. The van der Waals surface area contributed by atoms with Gasteiger partial charge in [0.15, 0.2) is 0 Å². The topological polar surface area (TPSA) is 99.7 Å². The summed E-state index contributed by atoms with van der Waals surface area (Å²) in [5.41, 5.74) is 1.96. The van der Waals surface area contributed by atoms with Gasteiger partial charge in [-0.15, -0.1) is 0 Å². The third-order valence-corrected chi connectivity index (χ3v) is 6.39. The number of anilines is 4. The van der Waals surface area contributed by atoms with Gasteiger partial charge in [0.25, 0.3) is 5.91 Å². The Bertz CT molecular complexity index is 1330. The lowest BCUT2D eigenvalue weighted by Crippen LogP contribution is -2.51. The highest BCUT2D eigenvalue weighted by Gasteiger charge is 2.31. The Morgan fingerprint density at radius 3 is 2.49 bits per heavy atom. The predicted molar refractivity (Wildman–Crippen MR) is 149 cm³/mol. The van der Waals surface area contributed by atoms with Crippen LogP contribution in [0.25, 0.3) is 0 Å². The number of carbonyl (C=O) groups is 2. The Hall–Kier alpha value is -4.21. The van der Waals surface area contributed by atoms with Gasteiger partial charge in [0.2, 0.25) is 5.95 Å². The first-order valence-electron chi connectivity index (χ1n) is 13.0. The maximum absolute atomic E-state index is 13.5. The SMILES string of the molecule is Cc1cc(Nc2ccnc(Nc3ccc(C(=O)N(C)C4CCCN(C(=O)OC(C)(C)C)C4)cc3)n2)ccc1F. The zero-order valence-corrected chi connectivity index (χ0v) is 23.0. The van der Waals surface area contributed by atoms with Crippen molar-refractivity contribution in [2.75, 3.05) is 30.8 Å². The first kappa shape index (κ1) is 27.8. The van der Waals surface area contributed by atoms with Crippen molar-refractivity contribution in [1.29, 1.82) is 0 Å². The summed E-state index contributed by atoms with van der Waals surface area (Å²) >= 11 is 0. The van der Waals surface area contributed by atoms with E-state index in [9.17, 15) is 14.0 Å². The number of piperidine rings is 1. The number of amides is 2. The van der Waals surface area contributed by atoms with Gasteiger partial charge in [-0.05, 0) is 94.6 Å². The predicted octanol–water partition coefficient (Wildman–Crippen LogP) is 5.88. The van der Waals surface area contributed by atoms with Crippen molar-refractivity contribution in [2.45, 2.75) is 52.2 Å². The number of ether oxygens (including phenoxy) is 1. The summed E-state index contributed by atoms with van der Waals surface area (Å²) in [6.45, 7) is 8.29. The summed E-state index contributed by atoms with van der Waals surface area (Å²) in [5.74, 6) is 0.550. The zero-order valence-electron chi connectivity index (χ0n) is 23.0. The van der Waals surface area contributed by atoms with Crippen molar-refractivity contribution < 1.29 is 18.7 Å². The molecule has 1 unspecified atom stereocenters. The quantitative estimate of drug-likeness (QED) is 0.407.